The second-order valence-electron chi connectivity index (χ2n) is 3.78. The van der Waals surface area contributed by atoms with Crippen molar-refractivity contribution in [1.82, 2.24) is 0 Å². The summed E-state index contributed by atoms with van der Waals surface area (Å²) in [7, 11) is 0. The van der Waals surface area contributed by atoms with Crippen molar-refractivity contribution in [3.05, 3.63) is 64.7 Å². The monoisotopic (exact) mass is 245 g/mol. The summed E-state index contributed by atoms with van der Waals surface area (Å²) in [4.78, 5) is 11.9. The number of amides is 1. The molecule has 2 nitrogen and oxygen atoms in total. The summed E-state index contributed by atoms with van der Waals surface area (Å²) < 4.78 is 0. The first-order chi connectivity index (χ1) is 8.16. The first kappa shape index (κ1) is 11.7. The zero-order valence-electron chi connectivity index (χ0n) is 9.41. The van der Waals surface area contributed by atoms with Gasteiger partial charge in [-0.1, -0.05) is 29.8 Å². The van der Waals surface area contributed by atoms with Crippen LogP contribution < -0.4 is 5.32 Å². The number of carbonyl (C=O) groups excluding carboxylic acids is 1. The molecular weight excluding hydrogens is 234 g/mol. The molecule has 0 aliphatic heterocycles. The zero-order valence-corrected chi connectivity index (χ0v) is 10.2. The Labute approximate surface area is 105 Å². The molecule has 3 heteroatoms. The van der Waals surface area contributed by atoms with Crippen LogP contribution in [-0.2, 0) is 0 Å². The Hall–Kier alpha value is -1.80. The highest BCUT2D eigenvalue weighted by atomic mass is 35.5. The van der Waals surface area contributed by atoms with Crippen LogP contribution in [0.25, 0.3) is 0 Å². The average molecular weight is 246 g/mol. The molecule has 0 atom stereocenters. The third-order valence-corrected chi connectivity index (χ3v) is 2.71. The molecule has 0 fully saturated rings. The van der Waals surface area contributed by atoms with Gasteiger partial charge in [0, 0.05) is 16.3 Å². The Morgan fingerprint density at radius 1 is 1.12 bits per heavy atom. The summed E-state index contributed by atoms with van der Waals surface area (Å²) in [5.74, 6) is -0.115. The predicted molar refractivity (Wildman–Crippen MR) is 70.6 cm³/mol. The molecule has 0 aliphatic rings. The molecule has 0 bridgehead atoms. The van der Waals surface area contributed by atoms with Crippen molar-refractivity contribution >= 4 is 23.2 Å². The topological polar surface area (TPSA) is 29.1 Å². The lowest BCUT2D eigenvalue weighted by molar-refractivity contribution is 0.102. The number of nitrogens with one attached hydrogen (secondary N) is 1. The number of hydrogen-bond donors (Lipinski definition) is 1. The van der Waals surface area contributed by atoms with Crippen LogP contribution in [0.2, 0.25) is 5.02 Å². The molecule has 2 aromatic rings. The van der Waals surface area contributed by atoms with E-state index < -0.39 is 0 Å². The molecular formula is C14H12ClNO. The molecule has 0 saturated carbocycles. The molecule has 0 aliphatic carbocycles. The maximum Gasteiger partial charge on any atom is 0.255 e. The van der Waals surface area contributed by atoms with E-state index in [0.717, 1.165) is 11.3 Å². The van der Waals surface area contributed by atoms with E-state index in [0.29, 0.717) is 10.6 Å². The lowest BCUT2D eigenvalue weighted by atomic mass is 10.1. The molecule has 0 spiro atoms. The standard InChI is InChI=1S/C14H12ClNO/c1-10-9-12(15)7-8-13(10)16-14(17)11-5-3-2-4-6-11/h2-9H,1H3,(H,16,17). The van der Waals surface area contributed by atoms with E-state index >= 15 is 0 Å². The van der Waals surface area contributed by atoms with Crippen LogP contribution >= 0.6 is 11.6 Å². The molecule has 0 heterocycles. The maximum absolute atomic E-state index is 11.9. The smallest absolute Gasteiger partial charge is 0.255 e. The van der Waals surface area contributed by atoms with E-state index in [1.54, 1.807) is 24.3 Å². The Kier molecular flexibility index (Phi) is 3.45. The lowest BCUT2D eigenvalue weighted by Crippen LogP contribution is -2.12. The molecule has 1 N–H and O–H groups in total. The van der Waals surface area contributed by atoms with Gasteiger partial charge in [-0.25, -0.2) is 0 Å². The molecule has 0 radical (unpaired) electrons. The van der Waals surface area contributed by atoms with Gasteiger partial charge in [-0.2, -0.15) is 0 Å². The van der Waals surface area contributed by atoms with Gasteiger partial charge in [-0.3, -0.25) is 4.79 Å². The van der Waals surface area contributed by atoms with E-state index in [4.69, 9.17) is 11.6 Å². The quantitative estimate of drug-likeness (QED) is 0.854. The fraction of sp³-hybridized carbons (Fsp3) is 0.0714. The summed E-state index contributed by atoms with van der Waals surface area (Å²) in [5, 5.41) is 3.52. The highest BCUT2D eigenvalue weighted by Gasteiger charge is 2.06. The van der Waals surface area contributed by atoms with Gasteiger partial charge in [-0.15, -0.1) is 0 Å². The Balaban J connectivity index is 2.19. The van der Waals surface area contributed by atoms with Crippen molar-refractivity contribution in [3.63, 3.8) is 0 Å². The van der Waals surface area contributed by atoms with Crippen molar-refractivity contribution in [1.29, 1.82) is 0 Å². The first-order valence-electron chi connectivity index (χ1n) is 5.29. The van der Waals surface area contributed by atoms with Gasteiger partial charge >= 0.3 is 0 Å². The molecule has 0 unspecified atom stereocenters. The Bertz CT molecular complexity index is 537. The van der Waals surface area contributed by atoms with Crippen LogP contribution in [0.3, 0.4) is 0 Å². The van der Waals surface area contributed by atoms with Crippen molar-refractivity contribution in [2.75, 3.05) is 5.32 Å². The number of benzene rings is 2. The van der Waals surface area contributed by atoms with Crippen molar-refractivity contribution < 1.29 is 4.79 Å². The number of carbonyl (C=O) groups is 1. The van der Waals surface area contributed by atoms with Gasteiger partial charge in [0.05, 0.1) is 0 Å². The first-order valence-corrected chi connectivity index (χ1v) is 5.67. The molecule has 2 aromatic carbocycles. The van der Waals surface area contributed by atoms with Crippen LogP contribution in [0, 0.1) is 6.92 Å². The SMILES string of the molecule is Cc1cc(Cl)ccc1NC(=O)c1ccccc1. The van der Waals surface area contributed by atoms with E-state index in [2.05, 4.69) is 5.32 Å². The third-order valence-electron chi connectivity index (χ3n) is 2.47. The summed E-state index contributed by atoms with van der Waals surface area (Å²) in [6.07, 6.45) is 0. The van der Waals surface area contributed by atoms with Crippen LogP contribution in [0.1, 0.15) is 15.9 Å². The minimum atomic E-state index is -0.115. The summed E-state index contributed by atoms with van der Waals surface area (Å²) >= 11 is 5.86. The normalized spacial score (nSPS) is 10.0. The van der Waals surface area contributed by atoms with Gasteiger partial charge in [0.2, 0.25) is 0 Å². The van der Waals surface area contributed by atoms with Crippen LogP contribution in [0.5, 0.6) is 0 Å². The number of rotatable bonds is 2. The third kappa shape index (κ3) is 2.86. The lowest BCUT2D eigenvalue weighted by Gasteiger charge is -2.08. The highest BCUT2D eigenvalue weighted by molar-refractivity contribution is 6.30. The molecule has 2 rings (SSSR count). The van der Waals surface area contributed by atoms with Gasteiger partial charge < -0.3 is 5.32 Å². The van der Waals surface area contributed by atoms with Crippen molar-refractivity contribution in [2.24, 2.45) is 0 Å². The van der Waals surface area contributed by atoms with Crippen molar-refractivity contribution in [3.8, 4) is 0 Å². The zero-order chi connectivity index (χ0) is 12.3. The minimum Gasteiger partial charge on any atom is -0.322 e. The number of aryl methyl sites for hydroxylation is 1. The summed E-state index contributed by atoms with van der Waals surface area (Å²) in [6, 6.07) is 14.5. The van der Waals surface area contributed by atoms with Crippen LogP contribution in [-0.4, -0.2) is 5.91 Å². The van der Waals surface area contributed by atoms with Crippen LogP contribution in [0.4, 0.5) is 5.69 Å². The molecule has 1 amide bonds. The Morgan fingerprint density at radius 3 is 2.47 bits per heavy atom. The minimum absolute atomic E-state index is 0.115. The fourth-order valence-corrected chi connectivity index (χ4v) is 1.78. The molecule has 17 heavy (non-hydrogen) atoms. The van der Waals surface area contributed by atoms with Gasteiger partial charge in [0.15, 0.2) is 0 Å². The number of anilines is 1. The highest BCUT2D eigenvalue weighted by Crippen LogP contribution is 2.20. The fourth-order valence-electron chi connectivity index (χ4n) is 1.55. The van der Waals surface area contributed by atoms with E-state index in [-0.39, 0.29) is 5.91 Å². The molecule has 86 valence electrons. The van der Waals surface area contributed by atoms with Gasteiger partial charge in [0.25, 0.3) is 5.91 Å². The van der Waals surface area contributed by atoms with E-state index in [9.17, 15) is 4.79 Å². The molecule has 0 saturated heterocycles. The predicted octanol–water partition coefficient (Wildman–Crippen LogP) is 3.90. The maximum atomic E-state index is 11.9. The molecule has 0 aromatic heterocycles. The average Bonchev–Trinajstić information content (AvgIpc) is 2.34. The second kappa shape index (κ2) is 5.02. The van der Waals surface area contributed by atoms with Crippen molar-refractivity contribution in [2.45, 2.75) is 6.92 Å². The van der Waals surface area contributed by atoms with E-state index in [1.165, 1.54) is 0 Å². The number of halogens is 1. The Morgan fingerprint density at radius 2 is 1.82 bits per heavy atom. The summed E-state index contributed by atoms with van der Waals surface area (Å²) in [6.45, 7) is 1.91. The van der Waals surface area contributed by atoms with E-state index in [1.807, 2.05) is 31.2 Å². The second-order valence-corrected chi connectivity index (χ2v) is 4.22. The summed E-state index contributed by atoms with van der Waals surface area (Å²) in [5.41, 5.74) is 2.37. The van der Waals surface area contributed by atoms with Gasteiger partial charge in [0.1, 0.15) is 0 Å². The van der Waals surface area contributed by atoms with Crippen LogP contribution in [0.15, 0.2) is 48.5 Å². The van der Waals surface area contributed by atoms with Gasteiger partial charge in [-0.05, 0) is 42.8 Å². The number of hydrogen-bond acceptors (Lipinski definition) is 1. The largest absolute Gasteiger partial charge is 0.322 e.